The molecule has 4 atom stereocenters. The molecule has 0 aliphatic rings. The van der Waals surface area contributed by atoms with Gasteiger partial charge < -0.3 is 25.3 Å². The topological polar surface area (TPSA) is 171 Å². The molecule has 0 fully saturated rings. The summed E-state index contributed by atoms with van der Waals surface area (Å²) >= 11 is 1.45. The Balaban J connectivity index is 0.00000462. The molecular formula is C26H34F2N4O7S2. The third-order valence-corrected chi connectivity index (χ3v) is 7.05. The first-order valence-electron chi connectivity index (χ1n) is 12.3. The zero-order chi connectivity index (χ0) is 30.2. The zero-order valence-electron chi connectivity index (χ0n) is 22.1. The Labute approximate surface area is 242 Å². The van der Waals surface area contributed by atoms with Crippen LogP contribution in [0.3, 0.4) is 0 Å². The number of oxazole rings is 1. The van der Waals surface area contributed by atoms with Gasteiger partial charge in [-0.15, -0.1) is 0 Å². The van der Waals surface area contributed by atoms with E-state index >= 15 is 0 Å². The van der Waals surface area contributed by atoms with Gasteiger partial charge in [0.05, 0.1) is 18.3 Å². The number of nitrogens with zero attached hydrogens (tertiary/aromatic N) is 1. The number of carbonyl (C=O) groups is 2. The third kappa shape index (κ3) is 9.81. The molecule has 15 heteroatoms. The van der Waals surface area contributed by atoms with E-state index in [9.17, 15) is 37.0 Å². The number of rotatable bonds is 14. The Bertz CT molecular complexity index is 1430. The highest BCUT2D eigenvalue weighted by molar-refractivity contribution is 7.98. The van der Waals surface area contributed by atoms with Crippen molar-refractivity contribution in [1.82, 2.24) is 15.6 Å². The van der Waals surface area contributed by atoms with E-state index in [1.165, 1.54) is 11.8 Å². The van der Waals surface area contributed by atoms with Crippen LogP contribution in [0.2, 0.25) is 0 Å². The molecule has 226 valence electrons. The lowest BCUT2D eigenvalue weighted by molar-refractivity contribution is -0.0224. The lowest BCUT2D eigenvalue weighted by Gasteiger charge is -2.33. The summed E-state index contributed by atoms with van der Waals surface area (Å²) in [4.78, 5) is 29.5. The van der Waals surface area contributed by atoms with E-state index < -0.39 is 63.8 Å². The number of hydrogen-bond donors (Lipinski definition) is 5. The molecular weight excluding hydrogens is 582 g/mol. The second kappa shape index (κ2) is 14.4. The van der Waals surface area contributed by atoms with Crippen LogP contribution in [0, 0.1) is 11.6 Å². The number of aliphatic hydroxyl groups excluding tert-OH is 2. The highest BCUT2D eigenvalue weighted by atomic mass is 32.2. The van der Waals surface area contributed by atoms with Crippen LogP contribution in [-0.2, 0) is 16.4 Å². The maximum Gasteiger partial charge on any atom is 0.309 e. The van der Waals surface area contributed by atoms with E-state index in [1.54, 1.807) is 30.3 Å². The van der Waals surface area contributed by atoms with Gasteiger partial charge in [-0.1, -0.05) is 18.2 Å². The van der Waals surface area contributed by atoms with Crippen LogP contribution in [0.15, 0.2) is 59.2 Å². The summed E-state index contributed by atoms with van der Waals surface area (Å²) in [5.74, 6) is -2.70. The number of halogens is 2. The number of amides is 2. The predicted molar refractivity (Wildman–Crippen MR) is 153 cm³/mol. The number of carbonyl (C=O) groups excluding carboxylic acids is 2. The Morgan fingerprint density at radius 3 is 2.24 bits per heavy atom. The van der Waals surface area contributed by atoms with Gasteiger partial charge in [0, 0.05) is 14.5 Å². The molecule has 0 bridgehead atoms. The molecule has 0 spiro atoms. The van der Waals surface area contributed by atoms with Crippen LogP contribution in [0.25, 0.3) is 0 Å². The first kappa shape index (κ1) is 32.0. The summed E-state index contributed by atoms with van der Waals surface area (Å²) in [5, 5.41) is 27.6. The fraction of sp³-hybridized carbons (Fsp3) is 0.346. The van der Waals surface area contributed by atoms with Gasteiger partial charge in [0.15, 0.2) is 5.69 Å². The molecule has 0 aliphatic heterocycles. The van der Waals surface area contributed by atoms with Crippen LogP contribution in [-0.4, -0.2) is 78.0 Å². The van der Waals surface area contributed by atoms with Gasteiger partial charge in [0.1, 0.15) is 30.1 Å². The molecule has 2 aromatic carbocycles. The molecule has 0 saturated heterocycles. The number of anilines is 1. The van der Waals surface area contributed by atoms with Gasteiger partial charge in [0.2, 0.25) is 10.0 Å². The smallest absolute Gasteiger partial charge is 0.309 e. The van der Waals surface area contributed by atoms with E-state index in [-0.39, 0.29) is 27.0 Å². The molecule has 0 aliphatic carbocycles. The largest absolute Gasteiger partial charge is 0.431 e. The standard InChI is InChI=1S/C26H30F2N4O7S2.2H2/c1-40-9-8-19(29-24(35)16-6-4-3-5-7-16)22(33)23(34)20(12-15-10-17(27)13-18(28)11-15)30-25(36)21-14-39-26(31-21)32-41(2,37)38;;/h3-7,10-11,13-14,19-20,22-23,33-34H,8-9,12H2,1-2H3,(H,29,35)(H,30,36)(H,31,32);2*1H/t19-,20+,22-,23-;;/m1../s1. The quantitative estimate of drug-likeness (QED) is 0.183. The van der Waals surface area contributed by atoms with Gasteiger partial charge in [-0.2, -0.15) is 16.7 Å². The second-order valence-corrected chi connectivity index (χ2v) is 11.9. The van der Waals surface area contributed by atoms with Gasteiger partial charge in [0.25, 0.3) is 11.8 Å². The molecule has 3 rings (SSSR count). The minimum atomic E-state index is -3.75. The third-order valence-electron chi connectivity index (χ3n) is 5.86. The van der Waals surface area contributed by atoms with Crippen molar-refractivity contribution in [3.8, 4) is 0 Å². The number of benzene rings is 2. The van der Waals surface area contributed by atoms with Gasteiger partial charge in [-0.05, 0) is 54.7 Å². The Hall–Kier alpha value is -3.53. The maximum absolute atomic E-state index is 13.9. The van der Waals surface area contributed by atoms with E-state index in [4.69, 9.17) is 4.42 Å². The summed E-state index contributed by atoms with van der Waals surface area (Å²) in [6, 6.07) is 8.11. The minimum absolute atomic E-state index is 0. The van der Waals surface area contributed by atoms with Crippen LogP contribution in [0.5, 0.6) is 0 Å². The van der Waals surface area contributed by atoms with Crippen molar-refractivity contribution in [3.63, 3.8) is 0 Å². The summed E-state index contributed by atoms with van der Waals surface area (Å²) in [5.41, 5.74) is 0.0187. The molecule has 1 heterocycles. The summed E-state index contributed by atoms with van der Waals surface area (Å²) in [7, 11) is -3.75. The van der Waals surface area contributed by atoms with Gasteiger partial charge in [-0.3, -0.25) is 9.59 Å². The summed E-state index contributed by atoms with van der Waals surface area (Å²) in [6.07, 6.45) is 0.0977. The van der Waals surface area contributed by atoms with Crippen molar-refractivity contribution in [2.45, 2.75) is 37.1 Å². The highest BCUT2D eigenvalue weighted by Crippen LogP contribution is 2.18. The molecule has 0 unspecified atom stereocenters. The van der Waals surface area contributed by atoms with E-state index in [2.05, 4.69) is 15.6 Å². The van der Waals surface area contributed by atoms with E-state index in [0.717, 1.165) is 24.7 Å². The van der Waals surface area contributed by atoms with Crippen molar-refractivity contribution >= 4 is 39.6 Å². The van der Waals surface area contributed by atoms with Crippen LogP contribution < -0.4 is 15.4 Å². The van der Waals surface area contributed by atoms with Crippen LogP contribution >= 0.6 is 11.8 Å². The molecule has 0 saturated carbocycles. The molecule has 5 N–H and O–H groups in total. The van der Waals surface area contributed by atoms with E-state index in [1.807, 2.05) is 11.0 Å². The average molecular weight is 617 g/mol. The Morgan fingerprint density at radius 1 is 1.02 bits per heavy atom. The lowest BCUT2D eigenvalue weighted by atomic mass is 9.92. The van der Waals surface area contributed by atoms with E-state index in [0.29, 0.717) is 17.4 Å². The van der Waals surface area contributed by atoms with Crippen LogP contribution in [0.1, 0.15) is 35.7 Å². The van der Waals surface area contributed by atoms with Crippen molar-refractivity contribution in [3.05, 3.63) is 83.2 Å². The first-order chi connectivity index (χ1) is 19.4. The number of sulfonamides is 1. The Kier molecular flexibility index (Phi) is 11.2. The average Bonchev–Trinajstić information content (AvgIpc) is 3.36. The van der Waals surface area contributed by atoms with Gasteiger partial charge in [-0.25, -0.2) is 21.9 Å². The lowest BCUT2D eigenvalue weighted by Crippen LogP contribution is -2.56. The maximum atomic E-state index is 13.9. The number of aliphatic hydroxyl groups is 2. The molecule has 1 aromatic heterocycles. The number of hydrogen-bond acceptors (Lipinski definition) is 9. The fourth-order valence-corrected chi connectivity index (χ4v) is 4.86. The molecule has 41 heavy (non-hydrogen) atoms. The summed E-state index contributed by atoms with van der Waals surface area (Å²) in [6.45, 7) is 0. The molecule has 2 amide bonds. The van der Waals surface area contributed by atoms with Crippen molar-refractivity contribution in [2.24, 2.45) is 0 Å². The number of aromatic nitrogens is 1. The highest BCUT2D eigenvalue weighted by Gasteiger charge is 2.35. The van der Waals surface area contributed by atoms with Crippen molar-refractivity contribution in [2.75, 3.05) is 23.0 Å². The fourth-order valence-electron chi connectivity index (χ4n) is 3.96. The Morgan fingerprint density at radius 2 is 1.63 bits per heavy atom. The minimum Gasteiger partial charge on any atom is -0.431 e. The SMILES string of the molecule is CSCC[C@@H](NC(=O)c1ccccc1)[C@@H](O)[C@H](O)[C@H](Cc1cc(F)cc(F)c1)NC(=O)c1coc(NS(C)(=O)=O)n1.[HH].[HH]. The zero-order valence-corrected chi connectivity index (χ0v) is 23.7. The normalized spacial score (nSPS) is 14.5. The summed E-state index contributed by atoms with van der Waals surface area (Å²) < 4.78 is 57.6. The predicted octanol–water partition coefficient (Wildman–Crippen LogP) is 2.43. The van der Waals surface area contributed by atoms with Crippen molar-refractivity contribution < 1.29 is 44.3 Å². The van der Waals surface area contributed by atoms with Crippen LogP contribution in [0.4, 0.5) is 14.8 Å². The van der Waals surface area contributed by atoms with Gasteiger partial charge >= 0.3 is 6.01 Å². The molecule has 0 radical (unpaired) electrons. The molecule has 11 nitrogen and oxygen atoms in total. The monoisotopic (exact) mass is 616 g/mol. The number of thioether (sulfide) groups is 1. The first-order valence-corrected chi connectivity index (χ1v) is 15.5. The number of nitrogens with one attached hydrogen (secondary N) is 3. The molecule has 3 aromatic rings. The van der Waals surface area contributed by atoms with Crippen molar-refractivity contribution in [1.29, 1.82) is 0 Å². The second-order valence-electron chi connectivity index (χ2n) is 9.18.